The summed E-state index contributed by atoms with van der Waals surface area (Å²) in [6.07, 6.45) is 0. The summed E-state index contributed by atoms with van der Waals surface area (Å²) in [5, 5.41) is 1.06. The lowest BCUT2D eigenvalue weighted by Crippen LogP contribution is -2.12. The van der Waals surface area contributed by atoms with Crippen LogP contribution in [-0.2, 0) is 5.41 Å². The Morgan fingerprint density at radius 1 is 1.06 bits per heavy atom. The Kier molecular flexibility index (Phi) is 4.61. The fourth-order valence-corrected chi connectivity index (χ4v) is 2.31. The Bertz CT molecular complexity index is 318. The van der Waals surface area contributed by atoms with Gasteiger partial charge < -0.3 is 0 Å². The topological polar surface area (TPSA) is 0 Å². The highest BCUT2D eigenvalue weighted by Crippen LogP contribution is 2.28. The van der Waals surface area contributed by atoms with E-state index in [9.17, 15) is 0 Å². The van der Waals surface area contributed by atoms with E-state index in [-0.39, 0.29) is 5.41 Å². The molecule has 0 saturated heterocycles. The number of rotatable bonds is 3. The van der Waals surface area contributed by atoms with Crippen LogP contribution in [0.4, 0.5) is 0 Å². The second kappa shape index (κ2) is 5.35. The Labute approximate surface area is 109 Å². The average Bonchev–Trinajstić information content (AvgIpc) is 2.26. The molecule has 0 aliphatic heterocycles. The second-order valence-corrected chi connectivity index (χ2v) is 6.44. The first-order valence-electron chi connectivity index (χ1n) is 6.02. The number of hydrogen-bond acceptors (Lipinski definition) is 0. The first-order chi connectivity index (χ1) is 7.36. The molecule has 1 rings (SSSR count). The second-order valence-electron chi connectivity index (χ2n) is 5.79. The molecule has 0 saturated carbocycles. The van der Waals surface area contributed by atoms with Gasteiger partial charge in [0.15, 0.2) is 0 Å². The van der Waals surface area contributed by atoms with Crippen molar-refractivity contribution < 1.29 is 0 Å². The van der Waals surface area contributed by atoms with E-state index in [1.54, 1.807) is 0 Å². The lowest BCUT2D eigenvalue weighted by molar-refractivity contribution is 0.545. The van der Waals surface area contributed by atoms with Gasteiger partial charge >= 0.3 is 0 Å². The maximum Gasteiger partial charge on any atom is 0.00627 e. The molecule has 0 aromatic heterocycles. The van der Waals surface area contributed by atoms with Crippen LogP contribution in [0.5, 0.6) is 0 Å². The van der Waals surface area contributed by atoms with Crippen LogP contribution in [0.3, 0.4) is 0 Å². The van der Waals surface area contributed by atoms with E-state index in [0.717, 1.165) is 5.33 Å². The largest absolute Gasteiger partial charge is 0.0925 e. The minimum atomic E-state index is 0.253. The molecule has 16 heavy (non-hydrogen) atoms. The molecule has 0 heterocycles. The lowest BCUT2D eigenvalue weighted by Gasteiger charge is -2.22. The highest BCUT2D eigenvalue weighted by atomic mass is 79.9. The predicted octanol–water partition coefficient (Wildman–Crippen LogP) is 5.12. The van der Waals surface area contributed by atoms with Crippen molar-refractivity contribution in [3.8, 4) is 0 Å². The predicted molar refractivity (Wildman–Crippen MR) is 76.5 cm³/mol. The van der Waals surface area contributed by atoms with E-state index in [0.29, 0.717) is 11.8 Å². The minimum absolute atomic E-state index is 0.253. The van der Waals surface area contributed by atoms with Crippen molar-refractivity contribution in [2.45, 2.75) is 46.0 Å². The minimum Gasteiger partial charge on any atom is -0.0925 e. The summed E-state index contributed by atoms with van der Waals surface area (Å²) in [4.78, 5) is 0. The van der Waals surface area contributed by atoms with Crippen molar-refractivity contribution in [2.75, 3.05) is 5.33 Å². The summed E-state index contributed by atoms with van der Waals surface area (Å²) < 4.78 is 0. The zero-order valence-electron chi connectivity index (χ0n) is 11.0. The van der Waals surface area contributed by atoms with Gasteiger partial charge in [-0.05, 0) is 28.4 Å². The van der Waals surface area contributed by atoms with Gasteiger partial charge in [0.2, 0.25) is 0 Å². The van der Waals surface area contributed by atoms with Gasteiger partial charge in [-0.1, -0.05) is 74.8 Å². The standard InChI is InChI=1S/C15H23Br/c1-11(10-16)12(2)13-6-8-14(9-7-13)15(3,4)5/h6-9,11-12H,10H2,1-5H3. The maximum absolute atomic E-state index is 3.56. The molecule has 90 valence electrons. The highest BCUT2D eigenvalue weighted by Gasteiger charge is 2.16. The van der Waals surface area contributed by atoms with Gasteiger partial charge in [-0.3, -0.25) is 0 Å². The van der Waals surface area contributed by atoms with Crippen LogP contribution in [-0.4, -0.2) is 5.33 Å². The fraction of sp³-hybridized carbons (Fsp3) is 0.600. The van der Waals surface area contributed by atoms with Crippen LogP contribution >= 0.6 is 15.9 Å². The molecule has 1 aromatic carbocycles. The Balaban J connectivity index is 2.87. The van der Waals surface area contributed by atoms with Gasteiger partial charge in [0, 0.05) is 5.33 Å². The van der Waals surface area contributed by atoms with Gasteiger partial charge in [0.1, 0.15) is 0 Å². The summed E-state index contributed by atoms with van der Waals surface area (Å²) in [5.74, 6) is 1.30. The quantitative estimate of drug-likeness (QED) is 0.675. The molecular formula is C15H23Br. The average molecular weight is 283 g/mol. The van der Waals surface area contributed by atoms with Crippen LogP contribution in [0.15, 0.2) is 24.3 Å². The van der Waals surface area contributed by atoms with Crippen molar-refractivity contribution >= 4 is 15.9 Å². The van der Waals surface area contributed by atoms with E-state index in [2.05, 4.69) is 74.8 Å². The van der Waals surface area contributed by atoms with Crippen LogP contribution in [0.25, 0.3) is 0 Å². The number of benzene rings is 1. The van der Waals surface area contributed by atoms with Gasteiger partial charge in [-0.25, -0.2) is 0 Å². The van der Waals surface area contributed by atoms with E-state index in [4.69, 9.17) is 0 Å². The SMILES string of the molecule is CC(CBr)C(C)c1ccc(C(C)(C)C)cc1. The van der Waals surface area contributed by atoms with Crippen molar-refractivity contribution in [2.24, 2.45) is 5.92 Å². The Morgan fingerprint density at radius 3 is 1.94 bits per heavy atom. The van der Waals surface area contributed by atoms with Crippen molar-refractivity contribution in [1.29, 1.82) is 0 Å². The molecule has 0 fully saturated rings. The molecule has 2 unspecified atom stereocenters. The summed E-state index contributed by atoms with van der Waals surface area (Å²) in [6, 6.07) is 9.11. The maximum atomic E-state index is 3.56. The molecule has 0 spiro atoms. The van der Waals surface area contributed by atoms with E-state index < -0.39 is 0 Å². The lowest BCUT2D eigenvalue weighted by atomic mass is 9.84. The fourth-order valence-electron chi connectivity index (χ4n) is 1.75. The monoisotopic (exact) mass is 282 g/mol. The normalized spacial score (nSPS) is 15.9. The summed E-state index contributed by atoms with van der Waals surface area (Å²) in [5.41, 5.74) is 3.11. The van der Waals surface area contributed by atoms with Gasteiger partial charge in [0.25, 0.3) is 0 Å². The third-order valence-electron chi connectivity index (χ3n) is 3.40. The molecule has 0 N–H and O–H groups in total. The smallest absolute Gasteiger partial charge is 0.00627 e. The summed E-state index contributed by atoms with van der Waals surface area (Å²) in [6.45, 7) is 11.4. The third kappa shape index (κ3) is 3.35. The van der Waals surface area contributed by atoms with Gasteiger partial charge in [0.05, 0.1) is 0 Å². The molecule has 0 bridgehead atoms. The van der Waals surface area contributed by atoms with Crippen LogP contribution in [0.2, 0.25) is 0 Å². The molecule has 2 atom stereocenters. The first kappa shape index (κ1) is 13.8. The van der Waals surface area contributed by atoms with Gasteiger partial charge in [-0.2, -0.15) is 0 Å². The molecule has 0 amide bonds. The molecule has 0 nitrogen and oxygen atoms in total. The Morgan fingerprint density at radius 2 is 1.56 bits per heavy atom. The molecule has 0 radical (unpaired) electrons. The van der Waals surface area contributed by atoms with Crippen LogP contribution in [0, 0.1) is 5.92 Å². The van der Waals surface area contributed by atoms with Crippen molar-refractivity contribution in [1.82, 2.24) is 0 Å². The van der Waals surface area contributed by atoms with Crippen LogP contribution < -0.4 is 0 Å². The molecular weight excluding hydrogens is 260 g/mol. The number of hydrogen-bond donors (Lipinski definition) is 0. The summed E-state index contributed by atoms with van der Waals surface area (Å²) in [7, 11) is 0. The molecule has 0 aliphatic carbocycles. The van der Waals surface area contributed by atoms with E-state index in [1.165, 1.54) is 11.1 Å². The van der Waals surface area contributed by atoms with E-state index >= 15 is 0 Å². The van der Waals surface area contributed by atoms with Crippen molar-refractivity contribution in [3.05, 3.63) is 35.4 Å². The molecule has 1 aromatic rings. The zero-order chi connectivity index (χ0) is 12.3. The third-order valence-corrected chi connectivity index (χ3v) is 4.42. The number of alkyl halides is 1. The van der Waals surface area contributed by atoms with E-state index in [1.807, 2.05) is 0 Å². The summed E-state index contributed by atoms with van der Waals surface area (Å²) >= 11 is 3.56. The Hall–Kier alpha value is -0.300. The van der Waals surface area contributed by atoms with Crippen LogP contribution in [0.1, 0.15) is 51.7 Å². The molecule has 0 aliphatic rings. The zero-order valence-corrected chi connectivity index (χ0v) is 12.6. The molecule has 1 heteroatoms. The first-order valence-corrected chi connectivity index (χ1v) is 7.15. The van der Waals surface area contributed by atoms with Crippen molar-refractivity contribution in [3.63, 3.8) is 0 Å². The number of halogens is 1. The highest BCUT2D eigenvalue weighted by molar-refractivity contribution is 9.09. The van der Waals surface area contributed by atoms with Gasteiger partial charge in [-0.15, -0.1) is 0 Å².